The highest BCUT2D eigenvalue weighted by Crippen LogP contribution is 2.24. The van der Waals surface area contributed by atoms with E-state index < -0.39 is 10.2 Å². The fourth-order valence-electron chi connectivity index (χ4n) is 2.07. The third-order valence-corrected chi connectivity index (χ3v) is 5.29. The fourth-order valence-corrected chi connectivity index (χ4v) is 4.03. The molecule has 2 rings (SSSR count). The van der Waals surface area contributed by atoms with Crippen molar-refractivity contribution in [2.75, 3.05) is 11.3 Å². The number of hydrogen-bond acceptors (Lipinski definition) is 3. The molecular weight excluding hydrogens is 318 g/mol. The Morgan fingerprint density at radius 3 is 2.94 bits per heavy atom. The van der Waals surface area contributed by atoms with Gasteiger partial charge in [0.05, 0.1) is 4.47 Å². The van der Waals surface area contributed by atoms with Crippen molar-refractivity contribution in [1.82, 2.24) is 9.29 Å². The van der Waals surface area contributed by atoms with Gasteiger partial charge in [-0.3, -0.25) is 4.72 Å². The first-order valence-corrected chi connectivity index (χ1v) is 8.14. The molecule has 1 saturated heterocycles. The maximum Gasteiger partial charge on any atom is 0.303 e. The van der Waals surface area contributed by atoms with E-state index in [-0.39, 0.29) is 6.04 Å². The first kappa shape index (κ1) is 13.8. The molecule has 0 amide bonds. The van der Waals surface area contributed by atoms with Crippen molar-refractivity contribution < 1.29 is 8.42 Å². The van der Waals surface area contributed by atoms with Crippen molar-refractivity contribution in [2.45, 2.75) is 32.2 Å². The van der Waals surface area contributed by atoms with E-state index >= 15 is 0 Å². The minimum Gasteiger partial charge on any atom is -0.254 e. The highest BCUT2D eigenvalue weighted by atomic mass is 79.9. The molecule has 1 aromatic rings. The molecular formula is C11H16BrN3O2S. The average molecular weight is 334 g/mol. The van der Waals surface area contributed by atoms with Gasteiger partial charge < -0.3 is 0 Å². The number of aromatic nitrogens is 1. The van der Waals surface area contributed by atoms with Crippen LogP contribution in [0.1, 0.15) is 26.2 Å². The standard InChI is InChI=1S/C11H16BrN3O2S/c1-9-5-2-3-8-15(9)18(16,17)14-11-10(12)6-4-7-13-11/h4,6-7,9H,2-3,5,8H2,1H3,(H,13,14). The highest BCUT2D eigenvalue weighted by Gasteiger charge is 2.29. The van der Waals surface area contributed by atoms with Crippen LogP contribution >= 0.6 is 15.9 Å². The molecule has 1 N–H and O–H groups in total. The predicted molar refractivity (Wildman–Crippen MR) is 74.5 cm³/mol. The average Bonchev–Trinajstić information content (AvgIpc) is 2.32. The summed E-state index contributed by atoms with van der Waals surface area (Å²) in [7, 11) is -3.52. The second-order valence-corrected chi connectivity index (χ2v) is 6.87. The molecule has 1 unspecified atom stereocenters. The lowest BCUT2D eigenvalue weighted by Crippen LogP contribution is -2.45. The Hall–Kier alpha value is -0.660. The van der Waals surface area contributed by atoms with Crippen molar-refractivity contribution >= 4 is 32.0 Å². The van der Waals surface area contributed by atoms with Crippen LogP contribution in [0.25, 0.3) is 0 Å². The van der Waals surface area contributed by atoms with E-state index in [2.05, 4.69) is 25.6 Å². The Balaban J connectivity index is 2.19. The first-order valence-electron chi connectivity index (χ1n) is 5.91. The zero-order chi connectivity index (χ0) is 13.2. The lowest BCUT2D eigenvalue weighted by molar-refractivity contribution is 0.270. The summed E-state index contributed by atoms with van der Waals surface area (Å²) >= 11 is 3.28. The zero-order valence-corrected chi connectivity index (χ0v) is 12.5. The molecule has 0 aliphatic carbocycles. The summed E-state index contributed by atoms with van der Waals surface area (Å²) in [5.74, 6) is 0.329. The lowest BCUT2D eigenvalue weighted by atomic mass is 10.1. The minimum atomic E-state index is -3.52. The Morgan fingerprint density at radius 1 is 1.50 bits per heavy atom. The molecule has 0 radical (unpaired) electrons. The molecule has 2 heterocycles. The molecule has 100 valence electrons. The summed E-state index contributed by atoms with van der Waals surface area (Å²) in [5, 5.41) is 0. The monoisotopic (exact) mass is 333 g/mol. The van der Waals surface area contributed by atoms with Crippen LogP contribution in [0.15, 0.2) is 22.8 Å². The number of hydrogen-bond donors (Lipinski definition) is 1. The Morgan fingerprint density at radius 2 is 2.28 bits per heavy atom. The normalized spacial score (nSPS) is 21.8. The van der Waals surface area contributed by atoms with Crippen molar-refractivity contribution in [3.05, 3.63) is 22.8 Å². The predicted octanol–water partition coefficient (Wildman–Crippen LogP) is 2.38. The van der Waals surface area contributed by atoms with Crippen molar-refractivity contribution in [3.8, 4) is 0 Å². The van der Waals surface area contributed by atoms with E-state index in [1.807, 2.05) is 6.92 Å². The molecule has 18 heavy (non-hydrogen) atoms. The zero-order valence-electron chi connectivity index (χ0n) is 10.1. The van der Waals surface area contributed by atoms with E-state index in [1.165, 1.54) is 4.31 Å². The van der Waals surface area contributed by atoms with Gasteiger partial charge in [-0.05, 0) is 47.8 Å². The maximum atomic E-state index is 12.3. The van der Waals surface area contributed by atoms with Crippen molar-refractivity contribution in [3.63, 3.8) is 0 Å². The smallest absolute Gasteiger partial charge is 0.254 e. The van der Waals surface area contributed by atoms with Gasteiger partial charge >= 0.3 is 10.2 Å². The van der Waals surface area contributed by atoms with Crippen LogP contribution in [0, 0.1) is 0 Å². The number of piperidine rings is 1. The van der Waals surface area contributed by atoms with E-state index in [0.717, 1.165) is 19.3 Å². The van der Waals surface area contributed by atoms with E-state index in [0.29, 0.717) is 16.8 Å². The van der Waals surface area contributed by atoms with Gasteiger partial charge in [0.1, 0.15) is 0 Å². The Kier molecular flexibility index (Phi) is 4.24. The highest BCUT2D eigenvalue weighted by molar-refractivity contribution is 9.10. The van der Waals surface area contributed by atoms with Crippen LogP contribution in [0.3, 0.4) is 0 Å². The molecule has 1 atom stereocenters. The summed E-state index contributed by atoms with van der Waals surface area (Å²) < 4.78 is 29.2. The summed E-state index contributed by atoms with van der Waals surface area (Å²) in [5.41, 5.74) is 0. The second-order valence-electron chi connectivity index (χ2n) is 4.40. The number of rotatable bonds is 3. The van der Waals surface area contributed by atoms with Gasteiger partial charge in [0.2, 0.25) is 0 Å². The van der Waals surface area contributed by atoms with Crippen LogP contribution < -0.4 is 4.72 Å². The van der Waals surface area contributed by atoms with Crippen molar-refractivity contribution in [1.29, 1.82) is 0 Å². The molecule has 0 spiro atoms. The number of halogens is 1. The van der Waals surface area contributed by atoms with Gasteiger partial charge in [0, 0.05) is 18.8 Å². The topological polar surface area (TPSA) is 62.3 Å². The van der Waals surface area contributed by atoms with Crippen LogP contribution in [-0.4, -0.2) is 30.3 Å². The summed E-state index contributed by atoms with van der Waals surface area (Å²) in [6, 6.07) is 3.54. The van der Waals surface area contributed by atoms with Gasteiger partial charge in [-0.1, -0.05) is 6.42 Å². The molecule has 1 aliphatic rings. The molecule has 0 saturated carbocycles. The molecule has 1 aliphatic heterocycles. The van der Waals surface area contributed by atoms with E-state index in [4.69, 9.17) is 0 Å². The van der Waals surface area contributed by atoms with Crippen molar-refractivity contribution in [2.24, 2.45) is 0 Å². The molecule has 0 bridgehead atoms. The van der Waals surface area contributed by atoms with Gasteiger partial charge in [0.15, 0.2) is 5.82 Å². The largest absolute Gasteiger partial charge is 0.303 e. The number of nitrogens with one attached hydrogen (secondary N) is 1. The number of nitrogens with zero attached hydrogens (tertiary/aromatic N) is 2. The van der Waals surface area contributed by atoms with Crippen LogP contribution in [0.4, 0.5) is 5.82 Å². The van der Waals surface area contributed by atoms with Gasteiger partial charge in [-0.25, -0.2) is 4.98 Å². The van der Waals surface area contributed by atoms with Crippen LogP contribution in [-0.2, 0) is 10.2 Å². The number of pyridine rings is 1. The van der Waals surface area contributed by atoms with Crippen LogP contribution in [0.2, 0.25) is 0 Å². The summed E-state index contributed by atoms with van der Waals surface area (Å²) in [6.45, 7) is 2.51. The van der Waals surface area contributed by atoms with E-state index in [9.17, 15) is 8.42 Å². The molecule has 7 heteroatoms. The van der Waals surface area contributed by atoms with Gasteiger partial charge in [-0.2, -0.15) is 12.7 Å². The first-order chi connectivity index (χ1) is 8.50. The third-order valence-electron chi connectivity index (χ3n) is 3.03. The third kappa shape index (κ3) is 3.02. The summed E-state index contributed by atoms with van der Waals surface area (Å²) in [4.78, 5) is 4.02. The Bertz CT molecular complexity index is 521. The Labute approximate surface area is 116 Å². The van der Waals surface area contributed by atoms with E-state index in [1.54, 1.807) is 18.3 Å². The maximum absolute atomic E-state index is 12.3. The minimum absolute atomic E-state index is 0.0405. The van der Waals surface area contributed by atoms with Crippen LogP contribution in [0.5, 0.6) is 0 Å². The SMILES string of the molecule is CC1CCCCN1S(=O)(=O)Nc1ncccc1Br. The van der Waals surface area contributed by atoms with Gasteiger partial charge in [-0.15, -0.1) is 0 Å². The second kappa shape index (κ2) is 5.54. The molecule has 0 aromatic carbocycles. The molecule has 5 nitrogen and oxygen atoms in total. The number of anilines is 1. The quantitative estimate of drug-likeness (QED) is 0.923. The molecule has 1 fully saturated rings. The molecule has 1 aromatic heterocycles. The lowest BCUT2D eigenvalue weighted by Gasteiger charge is -2.32. The fraction of sp³-hybridized carbons (Fsp3) is 0.545. The summed E-state index contributed by atoms with van der Waals surface area (Å²) in [6.07, 6.45) is 4.46. The van der Waals surface area contributed by atoms with Gasteiger partial charge in [0.25, 0.3) is 0 Å².